The zero-order valence-corrected chi connectivity index (χ0v) is 11.9. The molecule has 8 heteroatoms. The SMILES string of the molecule is CO[C@@H]1C[C@@H](c2ncn[nH]2)N(c2nc3cc(F)ccc3o2)C1. The monoisotopic (exact) mass is 303 g/mol. The maximum Gasteiger partial charge on any atom is 0.299 e. The van der Waals surface area contributed by atoms with E-state index in [4.69, 9.17) is 9.15 Å². The van der Waals surface area contributed by atoms with Gasteiger partial charge in [-0.1, -0.05) is 0 Å². The topological polar surface area (TPSA) is 80.1 Å². The van der Waals surface area contributed by atoms with Crippen molar-refractivity contribution in [3.05, 3.63) is 36.2 Å². The maximum absolute atomic E-state index is 13.3. The third-order valence-corrected chi connectivity index (χ3v) is 3.93. The van der Waals surface area contributed by atoms with E-state index in [-0.39, 0.29) is 18.0 Å². The minimum absolute atomic E-state index is 0.0434. The number of rotatable bonds is 3. The standard InChI is InChI=1S/C14H14FN5O2/c1-21-9-5-11(13-16-7-17-19-13)20(6-9)14-18-10-4-8(15)2-3-12(10)22-14/h2-4,7,9,11H,5-6H2,1H3,(H,16,17,19)/t9-,11+/m1/s1. The van der Waals surface area contributed by atoms with Gasteiger partial charge in [0.1, 0.15) is 23.5 Å². The molecule has 0 bridgehead atoms. The fourth-order valence-electron chi connectivity index (χ4n) is 2.83. The summed E-state index contributed by atoms with van der Waals surface area (Å²) < 4.78 is 24.5. The van der Waals surface area contributed by atoms with Gasteiger partial charge in [0.05, 0.1) is 12.1 Å². The molecule has 0 unspecified atom stereocenters. The molecule has 1 aromatic carbocycles. The van der Waals surface area contributed by atoms with Crippen LogP contribution in [0.5, 0.6) is 0 Å². The average Bonchev–Trinajstić information content (AvgIpc) is 3.24. The lowest BCUT2D eigenvalue weighted by atomic mass is 10.2. The number of halogens is 1. The molecule has 2 aromatic heterocycles. The van der Waals surface area contributed by atoms with Gasteiger partial charge < -0.3 is 14.1 Å². The lowest BCUT2D eigenvalue weighted by Crippen LogP contribution is -2.25. The van der Waals surface area contributed by atoms with Crippen molar-refractivity contribution in [1.82, 2.24) is 20.2 Å². The molecule has 1 aliphatic rings. The summed E-state index contributed by atoms with van der Waals surface area (Å²) in [5, 5.41) is 6.77. The largest absolute Gasteiger partial charge is 0.423 e. The Kier molecular flexibility index (Phi) is 3.04. The van der Waals surface area contributed by atoms with Gasteiger partial charge in [0.15, 0.2) is 5.58 Å². The highest BCUT2D eigenvalue weighted by Gasteiger charge is 2.37. The fraction of sp³-hybridized carbons (Fsp3) is 0.357. The molecule has 114 valence electrons. The molecule has 3 aromatic rings. The summed E-state index contributed by atoms with van der Waals surface area (Å²) in [4.78, 5) is 10.6. The van der Waals surface area contributed by atoms with Crippen molar-refractivity contribution in [2.75, 3.05) is 18.6 Å². The summed E-state index contributed by atoms with van der Waals surface area (Å²) >= 11 is 0. The van der Waals surface area contributed by atoms with Crippen LogP contribution in [0.2, 0.25) is 0 Å². The maximum atomic E-state index is 13.3. The molecule has 1 fully saturated rings. The number of methoxy groups -OCH3 is 1. The molecule has 0 aliphatic carbocycles. The summed E-state index contributed by atoms with van der Waals surface area (Å²) in [7, 11) is 1.67. The zero-order chi connectivity index (χ0) is 15.1. The first-order valence-electron chi connectivity index (χ1n) is 6.95. The van der Waals surface area contributed by atoms with Crippen molar-refractivity contribution in [3.63, 3.8) is 0 Å². The van der Waals surface area contributed by atoms with Gasteiger partial charge in [-0.25, -0.2) is 9.37 Å². The van der Waals surface area contributed by atoms with Crippen LogP contribution in [0.25, 0.3) is 11.1 Å². The molecule has 1 N–H and O–H groups in total. The van der Waals surface area contributed by atoms with Crippen LogP contribution in [0.1, 0.15) is 18.3 Å². The predicted octanol–water partition coefficient (Wildman–Crippen LogP) is 2.05. The smallest absolute Gasteiger partial charge is 0.299 e. The first-order chi connectivity index (χ1) is 10.7. The van der Waals surface area contributed by atoms with E-state index in [1.807, 2.05) is 4.90 Å². The number of oxazole rings is 1. The highest BCUT2D eigenvalue weighted by Crippen LogP contribution is 2.36. The summed E-state index contributed by atoms with van der Waals surface area (Å²) in [5.74, 6) is 0.392. The quantitative estimate of drug-likeness (QED) is 0.797. The molecule has 0 radical (unpaired) electrons. The third-order valence-electron chi connectivity index (χ3n) is 3.93. The van der Waals surface area contributed by atoms with Crippen molar-refractivity contribution in [2.45, 2.75) is 18.6 Å². The van der Waals surface area contributed by atoms with Gasteiger partial charge in [0.2, 0.25) is 0 Å². The molecular weight excluding hydrogens is 289 g/mol. The molecule has 2 atom stereocenters. The van der Waals surface area contributed by atoms with Crippen LogP contribution in [0.15, 0.2) is 28.9 Å². The molecule has 1 saturated heterocycles. The molecule has 22 heavy (non-hydrogen) atoms. The number of hydrogen-bond donors (Lipinski definition) is 1. The second-order valence-electron chi connectivity index (χ2n) is 5.24. The van der Waals surface area contributed by atoms with Crippen LogP contribution in [0.3, 0.4) is 0 Å². The zero-order valence-electron chi connectivity index (χ0n) is 11.9. The Bertz CT molecular complexity index is 788. The molecule has 0 amide bonds. The van der Waals surface area contributed by atoms with Gasteiger partial charge in [0.25, 0.3) is 6.01 Å². The van der Waals surface area contributed by atoms with Crippen LogP contribution < -0.4 is 4.90 Å². The van der Waals surface area contributed by atoms with Gasteiger partial charge in [-0.15, -0.1) is 0 Å². The van der Waals surface area contributed by atoms with Gasteiger partial charge in [-0.3, -0.25) is 5.10 Å². The number of anilines is 1. The third kappa shape index (κ3) is 2.12. The van der Waals surface area contributed by atoms with Gasteiger partial charge in [-0.2, -0.15) is 10.1 Å². The van der Waals surface area contributed by atoms with E-state index in [1.165, 1.54) is 18.5 Å². The van der Waals surface area contributed by atoms with Crippen LogP contribution in [-0.4, -0.2) is 39.9 Å². The molecule has 7 nitrogen and oxygen atoms in total. The van der Waals surface area contributed by atoms with Crippen molar-refractivity contribution in [2.24, 2.45) is 0 Å². The second-order valence-corrected chi connectivity index (χ2v) is 5.24. The van der Waals surface area contributed by atoms with E-state index in [9.17, 15) is 4.39 Å². The molecular formula is C14H14FN5O2. The van der Waals surface area contributed by atoms with E-state index in [2.05, 4.69) is 20.2 Å². The number of fused-ring (bicyclic) bond motifs is 1. The summed E-state index contributed by atoms with van der Waals surface area (Å²) in [5.41, 5.74) is 1.04. The van der Waals surface area contributed by atoms with Crippen molar-refractivity contribution >= 4 is 17.1 Å². The van der Waals surface area contributed by atoms with Crippen molar-refractivity contribution in [1.29, 1.82) is 0 Å². The molecule has 0 saturated carbocycles. The van der Waals surface area contributed by atoms with Crippen LogP contribution in [-0.2, 0) is 4.74 Å². The summed E-state index contributed by atoms with van der Waals surface area (Å²) in [6, 6.07) is 4.66. The van der Waals surface area contributed by atoms with Crippen molar-refractivity contribution in [3.8, 4) is 0 Å². The first kappa shape index (κ1) is 13.2. The predicted molar refractivity (Wildman–Crippen MR) is 75.9 cm³/mol. The normalized spacial score (nSPS) is 21.8. The number of nitrogens with one attached hydrogen (secondary N) is 1. The Morgan fingerprint density at radius 3 is 3.14 bits per heavy atom. The lowest BCUT2D eigenvalue weighted by molar-refractivity contribution is 0.118. The Labute approximate surface area is 125 Å². The number of aromatic amines is 1. The molecule has 0 spiro atoms. The molecule has 3 heterocycles. The van der Waals surface area contributed by atoms with Gasteiger partial charge in [-0.05, 0) is 12.1 Å². The number of H-pyrrole nitrogens is 1. The Morgan fingerprint density at radius 1 is 1.45 bits per heavy atom. The van der Waals surface area contributed by atoms with Crippen LogP contribution >= 0.6 is 0 Å². The molecule has 1 aliphatic heterocycles. The number of benzene rings is 1. The van der Waals surface area contributed by atoms with Crippen LogP contribution in [0.4, 0.5) is 10.4 Å². The van der Waals surface area contributed by atoms with E-state index in [0.717, 1.165) is 12.2 Å². The van der Waals surface area contributed by atoms with Crippen LogP contribution in [0, 0.1) is 5.82 Å². The van der Waals surface area contributed by atoms with Crippen molar-refractivity contribution < 1.29 is 13.5 Å². The van der Waals surface area contributed by atoms with E-state index in [0.29, 0.717) is 23.7 Å². The highest BCUT2D eigenvalue weighted by atomic mass is 19.1. The van der Waals surface area contributed by atoms with Gasteiger partial charge >= 0.3 is 0 Å². The Hall–Kier alpha value is -2.48. The summed E-state index contributed by atoms with van der Waals surface area (Å²) in [6.07, 6.45) is 2.26. The van der Waals surface area contributed by atoms with E-state index < -0.39 is 0 Å². The number of ether oxygens (including phenoxy) is 1. The van der Waals surface area contributed by atoms with E-state index >= 15 is 0 Å². The minimum atomic E-state index is -0.338. The Balaban J connectivity index is 1.74. The number of hydrogen-bond acceptors (Lipinski definition) is 6. The Morgan fingerprint density at radius 2 is 2.36 bits per heavy atom. The highest BCUT2D eigenvalue weighted by molar-refractivity contribution is 5.74. The second kappa shape index (κ2) is 5.06. The lowest BCUT2D eigenvalue weighted by Gasteiger charge is -2.19. The molecule has 4 rings (SSSR count). The number of nitrogens with zero attached hydrogens (tertiary/aromatic N) is 4. The minimum Gasteiger partial charge on any atom is -0.423 e. The average molecular weight is 303 g/mol. The number of aromatic nitrogens is 4. The summed E-state index contributed by atoms with van der Waals surface area (Å²) in [6.45, 7) is 0.622. The van der Waals surface area contributed by atoms with E-state index in [1.54, 1.807) is 13.2 Å². The fourth-order valence-corrected chi connectivity index (χ4v) is 2.83. The first-order valence-corrected chi connectivity index (χ1v) is 6.95. The van der Waals surface area contributed by atoms with Gasteiger partial charge in [0, 0.05) is 26.1 Å².